The van der Waals surface area contributed by atoms with Gasteiger partial charge in [0.05, 0.1) is 13.2 Å². The molecule has 6 nitrogen and oxygen atoms in total. The van der Waals surface area contributed by atoms with E-state index in [1.165, 1.54) is 0 Å². The Labute approximate surface area is 68.7 Å². The summed E-state index contributed by atoms with van der Waals surface area (Å²) in [6, 6.07) is -1.10. The maximum atomic E-state index is 10.1. The van der Waals surface area contributed by atoms with Gasteiger partial charge in [0, 0.05) is 0 Å². The fraction of sp³-hybridized carbons (Fsp3) is 1.00. The number of nitrogens with zero attached hydrogens (tertiary/aromatic N) is 1. The van der Waals surface area contributed by atoms with Crippen LogP contribution >= 0.6 is 0 Å². The number of rotatable bonds is 2. The minimum absolute atomic E-state index is 0.0846. The average Bonchev–Trinajstić information content (AvgIpc) is 2.06. The van der Waals surface area contributed by atoms with Crippen molar-refractivity contribution in [3.8, 4) is 0 Å². The summed E-state index contributed by atoms with van der Waals surface area (Å²) < 4.78 is 4.83. The molecular formula is C6H11NO5. The maximum Gasteiger partial charge on any atom is 0.148 e. The molecule has 1 fully saturated rings. The quantitative estimate of drug-likeness (QED) is 0.434. The topological polar surface area (TPSA) is 99.4 Å². The van der Waals surface area contributed by atoms with Crippen molar-refractivity contribution in [2.75, 3.05) is 13.2 Å². The Bertz CT molecular complexity index is 164. The molecule has 0 spiro atoms. The third-order valence-electron chi connectivity index (χ3n) is 1.91. The Balaban J connectivity index is 2.62. The lowest BCUT2D eigenvalue weighted by Gasteiger charge is -2.33. The molecule has 1 heterocycles. The van der Waals surface area contributed by atoms with Crippen LogP contribution in [0.4, 0.5) is 0 Å². The molecule has 3 N–H and O–H groups in total. The first-order valence-electron chi connectivity index (χ1n) is 3.61. The van der Waals surface area contributed by atoms with E-state index in [1.54, 1.807) is 0 Å². The molecule has 0 saturated carbocycles. The highest BCUT2D eigenvalue weighted by molar-refractivity contribution is 4.91. The van der Waals surface area contributed by atoms with E-state index in [9.17, 15) is 10.0 Å². The second kappa shape index (κ2) is 3.90. The van der Waals surface area contributed by atoms with Crippen molar-refractivity contribution in [3.63, 3.8) is 0 Å². The van der Waals surface area contributed by atoms with Gasteiger partial charge in [-0.2, -0.15) is 4.91 Å². The summed E-state index contributed by atoms with van der Waals surface area (Å²) in [6.07, 6.45) is -3.13. The van der Waals surface area contributed by atoms with Crippen LogP contribution in [-0.2, 0) is 4.74 Å². The molecule has 6 heteroatoms. The van der Waals surface area contributed by atoms with Crippen LogP contribution in [-0.4, -0.2) is 52.9 Å². The van der Waals surface area contributed by atoms with Gasteiger partial charge in [0.2, 0.25) is 0 Å². The van der Waals surface area contributed by atoms with Crippen molar-refractivity contribution in [2.24, 2.45) is 5.18 Å². The zero-order valence-electron chi connectivity index (χ0n) is 6.33. The summed E-state index contributed by atoms with van der Waals surface area (Å²) >= 11 is 0. The lowest BCUT2D eigenvalue weighted by atomic mass is 9.99. The van der Waals surface area contributed by atoms with Gasteiger partial charge in [0.1, 0.15) is 24.4 Å². The van der Waals surface area contributed by atoms with Gasteiger partial charge in [0.25, 0.3) is 0 Å². The minimum atomic E-state index is -1.23. The summed E-state index contributed by atoms with van der Waals surface area (Å²) in [5, 5.41) is 29.6. The Kier molecular flexibility index (Phi) is 3.10. The van der Waals surface area contributed by atoms with Gasteiger partial charge in [-0.1, -0.05) is 5.18 Å². The first-order chi connectivity index (χ1) is 5.70. The smallest absolute Gasteiger partial charge is 0.148 e. The van der Waals surface area contributed by atoms with Crippen molar-refractivity contribution >= 4 is 0 Å². The Hall–Kier alpha value is -0.560. The van der Waals surface area contributed by atoms with Crippen LogP contribution in [0.5, 0.6) is 0 Å². The maximum absolute atomic E-state index is 10.1. The first kappa shape index (κ1) is 9.53. The molecule has 0 radical (unpaired) electrons. The highest BCUT2D eigenvalue weighted by Gasteiger charge is 2.39. The first-order valence-corrected chi connectivity index (χ1v) is 3.61. The molecule has 4 atom stereocenters. The fourth-order valence-corrected chi connectivity index (χ4v) is 1.16. The standard InChI is InChI=1S/C6H11NO5/c8-1-4-6(10)5(7-11)3(9)2-12-4/h3-6,8-10H,1-2H2. The minimum Gasteiger partial charge on any atom is -0.394 e. The zero-order chi connectivity index (χ0) is 9.14. The molecule has 0 aliphatic carbocycles. The van der Waals surface area contributed by atoms with Crippen molar-refractivity contribution in [1.29, 1.82) is 0 Å². The SMILES string of the molecule is O=NC1C(O)COC(CO)C1O. The molecular weight excluding hydrogens is 166 g/mol. The molecule has 1 aliphatic heterocycles. The molecule has 0 aromatic carbocycles. The summed E-state index contributed by atoms with van der Waals surface area (Å²) in [7, 11) is 0. The van der Waals surface area contributed by atoms with Gasteiger partial charge in [-0.3, -0.25) is 0 Å². The van der Waals surface area contributed by atoms with Gasteiger partial charge < -0.3 is 20.1 Å². The van der Waals surface area contributed by atoms with Crippen LogP contribution in [0, 0.1) is 4.91 Å². The third-order valence-corrected chi connectivity index (χ3v) is 1.91. The number of hydrogen-bond acceptors (Lipinski definition) is 6. The average molecular weight is 177 g/mol. The van der Waals surface area contributed by atoms with Crippen LogP contribution in [0.2, 0.25) is 0 Å². The molecule has 70 valence electrons. The predicted molar refractivity (Wildman–Crippen MR) is 38.4 cm³/mol. The zero-order valence-corrected chi connectivity index (χ0v) is 6.33. The van der Waals surface area contributed by atoms with Crippen LogP contribution in [0.3, 0.4) is 0 Å². The van der Waals surface area contributed by atoms with Gasteiger partial charge >= 0.3 is 0 Å². The summed E-state index contributed by atoms with van der Waals surface area (Å²) in [5.41, 5.74) is 0. The molecule has 1 aliphatic rings. The monoisotopic (exact) mass is 177 g/mol. The van der Waals surface area contributed by atoms with Crippen molar-refractivity contribution in [1.82, 2.24) is 0 Å². The lowest BCUT2D eigenvalue weighted by molar-refractivity contribution is -0.147. The Morgan fingerprint density at radius 1 is 1.50 bits per heavy atom. The van der Waals surface area contributed by atoms with E-state index in [0.717, 1.165) is 0 Å². The number of aliphatic hydroxyl groups excluding tert-OH is 3. The normalized spacial score (nSPS) is 42.6. The second-order valence-corrected chi connectivity index (χ2v) is 2.71. The highest BCUT2D eigenvalue weighted by Crippen LogP contribution is 2.17. The molecule has 0 bridgehead atoms. The lowest BCUT2D eigenvalue weighted by Crippen LogP contribution is -2.53. The van der Waals surface area contributed by atoms with E-state index < -0.39 is 24.4 Å². The largest absolute Gasteiger partial charge is 0.394 e. The third kappa shape index (κ3) is 1.61. The van der Waals surface area contributed by atoms with Gasteiger partial charge in [0.15, 0.2) is 0 Å². The van der Waals surface area contributed by atoms with E-state index in [1.807, 2.05) is 0 Å². The van der Waals surface area contributed by atoms with Crippen LogP contribution in [0.15, 0.2) is 5.18 Å². The molecule has 12 heavy (non-hydrogen) atoms. The van der Waals surface area contributed by atoms with Gasteiger partial charge in [-0.15, -0.1) is 0 Å². The fourth-order valence-electron chi connectivity index (χ4n) is 1.16. The van der Waals surface area contributed by atoms with Crippen molar-refractivity contribution in [3.05, 3.63) is 4.91 Å². The van der Waals surface area contributed by atoms with E-state index in [-0.39, 0.29) is 13.2 Å². The van der Waals surface area contributed by atoms with E-state index in [2.05, 4.69) is 5.18 Å². The van der Waals surface area contributed by atoms with Crippen LogP contribution in [0.1, 0.15) is 0 Å². The number of ether oxygens (including phenoxy) is 1. The molecule has 0 aromatic rings. The Morgan fingerprint density at radius 3 is 2.67 bits per heavy atom. The molecule has 1 saturated heterocycles. The number of aliphatic hydroxyl groups is 3. The molecule has 1 rings (SSSR count). The van der Waals surface area contributed by atoms with Gasteiger partial charge in [-0.05, 0) is 0 Å². The van der Waals surface area contributed by atoms with Crippen molar-refractivity contribution < 1.29 is 20.1 Å². The highest BCUT2D eigenvalue weighted by atomic mass is 16.5. The number of hydrogen-bond donors (Lipinski definition) is 3. The second-order valence-electron chi connectivity index (χ2n) is 2.71. The van der Waals surface area contributed by atoms with E-state index >= 15 is 0 Å². The Morgan fingerprint density at radius 2 is 2.17 bits per heavy atom. The number of nitroso groups, excluding NO2 is 1. The molecule has 0 amide bonds. The van der Waals surface area contributed by atoms with E-state index in [0.29, 0.717) is 0 Å². The van der Waals surface area contributed by atoms with E-state index in [4.69, 9.17) is 14.9 Å². The van der Waals surface area contributed by atoms with Crippen molar-refractivity contribution in [2.45, 2.75) is 24.4 Å². The summed E-state index contributed by atoms with van der Waals surface area (Å²) in [5.74, 6) is 0. The van der Waals surface area contributed by atoms with Crippen LogP contribution in [0.25, 0.3) is 0 Å². The summed E-state index contributed by atoms with van der Waals surface area (Å²) in [4.78, 5) is 10.1. The van der Waals surface area contributed by atoms with Crippen LogP contribution < -0.4 is 0 Å². The van der Waals surface area contributed by atoms with Gasteiger partial charge in [-0.25, -0.2) is 0 Å². The molecule has 0 aromatic heterocycles. The molecule has 4 unspecified atom stereocenters. The summed E-state index contributed by atoms with van der Waals surface area (Å²) in [6.45, 7) is -0.474. The predicted octanol–water partition coefficient (Wildman–Crippen LogP) is -1.77.